The molecular formula is C44H78O3. The number of rotatable bonds is 21. The zero-order chi connectivity index (χ0) is 33.9. The lowest BCUT2D eigenvalue weighted by atomic mass is 9.46. The molecule has 3 nitrogen and oxygen atoms in total. The number of carbonyl (C=O) groups excluding carboxylic acids is 1. The minimum absolute atomic E-state index is 0.0254. The Bertz CT molecular complexity index is 954. The molecule has 3 fully saturated rings. The Labute approximate surface area is 292 Å². The standard InChI is InChI=1S/C44H78O3/c1-7-8-9-10-11-12-13-14-15-16-17-18-19-20-24-42(46)47-41-32-36(45)31-35-25-26-37-39-28-27-38(34(4)23-21-22-33(2)3)43(39,5)30-29-40(37)44(35,41)6/h25,33-34,36-41,45H,7-24,26-32H2,1-6H3/t34-,36-,37+,38-,39+,40+,41?,43-,44+/m1/s1. The average Bonchev–Trinajstić information content (AvgIpc) is 3.39. The molecular weight excluding hydrogens is 576 g/mol. The Kier molecular flexibility index (Phi) is 15.7. The smallest absolute Gasteiger partial charge is 0.306 e. The molecule has 4 aliphatic rings. The molecule has 0 aromatic rings. The summed E-state index contributed by atoms with van der Waals surface area (Å²) in [4.78, 5) is 13.3. The summed E-state index contributed by atoms with van der Waals surface area (Å²) < 4.78 is 6.42. The van der Waals surface area contributed by atoms with Crippen molar-refractivity contribution in [3.05, 3.63) is 11.6 Å². The predicted molar refractivity (Wildman–Crippen MR) is 199 cm³/mol. The van der Waals surface area contributed by atoms with Gasteiger partial charge in [0.2, 0.25) is 0 Å². The summed E-state index contributed by atoms with van der Waals surface area (Å²) in [6.45, 7) is 14.6. The van der Waals surface area contributed by atoms with Crippen LogP contribution in [-0.2, 0) is 9.53 Å². The van der Waals surface area contributed by atoms with Gasteiger partial charge in [-0.05, 0) is 85.9 Å². The largest absolute Gasteiger partial charge is 0.461 e. The van der Waals surface area contributed by atoms with Crippen molar-refractivity contribution in [1.82, 2.24) is 0 Å². The number of hydrogen-bond acceptors (Lipinski definition) is 3. The molecule has 0 heterocycles. The van der Waals surface area contributed by atoms with Crippen LogP contribution >= 0.6 is 0 Å². The first-order valence-electron chi connectivity index (χ1n) is 21.2. The molecule has 0 aromatic heterocycles. The van der Waals surface area contributed by atoms with E-state index >= 15 is 0 Å². The van der Waals surface area contributed by atoms with Crippen molar-refractivity contribution in [1.29, 1.82) is 0 Å². The molecule has 47 heavy (non-hydrogen) atoms. The zero-order valence-electron chi connectivity index (χ0n) is 32.1. The molecule has 4 aliphatic carbocycles. The fourth-order valence-electron chi connectivity index (χ4n) is 11.6. The van der Waals surface area contributed by atoms with E-state index in [1.54, 1.807) is 0 Å². The Morgan fingerprint density at radius 2 is 1.45 bits per heavy atom. The number of allylic oxidation sites excluding steroid dienone is 1. The van der Waals surface area contributed by atoms with Crippen LogP contribution in [-0.4, -0.2) is 23.3 Å². The van der Waals surface area contributed by atoms with Crippen molar-refractivity contribution in [2.24, 2.45) is 46.3 Å². The molecule has 0 radical (unpaired) electrons. The van der Waals surface area contributed by atoms with Crippen LogP contribution in [0.15, 0.2) is 11.6 Å². The quantitative estimate of drug-likeness (QED) is 0.0761. The van der Waals surface area contributed by atoms with E-state index in [9.17, 15) is 9.90 Å². The summed E-state index contributed by atoms with van der Waals surface area (Å²) in [6, 6.07) is 0. The second-order valence-electron chi connectivity index (χ2n) is 18.1. The molecule has 1 N–H and O–H groups in total. The molecule has 0 amide bonds. The molecule has 0 spiro atoms. The molecule has 0 saturated heterocycles. The third kappa shape index (κ3) is 10.1. The van der Waals surface area contributed by atoms with Crippen LogP contribution in [0.4, 0.5) is 0 Å². The fourth-order valence-corrected chi connectivity index (χ4v) is 11.6. The molecule has 0 bridgehead atoms. The molecule has 3 heteroatoms. The summed E-state index contributed by atoms with van der Waals surface area (Å²) in [5.74, 6) is 4.50. The number of carbonyl (C=O) groups is 1. The zero-order valence-corrected chi connectivity index (χ0v) is 32.1. The molecule has 0 aromatic carbocycles. The monoisotopic (exact) mass is 655 g/mol. The lowest BCUT2D eigenvalue weighted by Gasteiger charge is -2.60. The van der Waals surface area contributed by atoms with Gasteiger partial charge in [0.1, 0.15) is 6.10 Å². The van der Waals surface area contributed by atoms with E-state index in [1.165, 1.54) is 128 Å². The number of ether oxygens (including phenoxy) is 1. The van der Waals surface area contributed by atoms with E-state index < -0.39 is 0 Å². The van der Waals surface area contributed by atoms with Crippen molar-refractivity contribution in [3.63, 3.8) is 0 Å². The van der Waals surface area contributed by atoms with Crippen LogP contribution in [0.3, 0.4) is 0 Å². The second-order valence-corrected chi connectivity index (χ2v) is 18.1. The summed E-state index contributed by atoms with van der Waals surface area (Å²) in [5, 5.41) is 10.9. The minimum atomic E-state index is -0.388. The fraction of sp³-hybridized carbons (Fsp3) is 0.932. The first-order chi connectivity index (χ1) is 22.6. The van der Waals surface area contributed by atoms with Crippen LogP contribution in [0, 0.1) is 46.3 Å². The number of hydrogen-bond donors (Lipinski definition) is 1. The normalized spacial score (nSPS) is 34.0. The van der Waals surface area contributed by atoms with Gasteiger partial charge < -0.3 is 9.84 Å². The van der Waals surface area contributed by atoms with Gasteiger partial charge in [0.15, 0.2) is 0 Å². The number of unbranched alkanes of at least 4 members (excludes halogenated alkanes) is 13. The maximum absolute atomic E-state index is 13.3. The number of aliphatic hydroxyl groups is 1. The van der Waals surface area contributed by atoms with Gasteiger partial charge in [0.25, 0.3) is 0 Å². The number of esters is 1. The Morgan fingerprint density at radius 3 is 2.06 bits per heavy atom. The van der Waals surface area contributed by atoms with Crippen LogP contribution in [0.5, 0.6) is 0 Å². The van der Waals surface area contributed by atoms with Gasteiger partial charge in [-0.2, -0.15) is 0 Å². The third-order valence-electron chi connectivity index (χ3n) is 14.4. The molecule has 0 aliphatic heterocycles. The van der Waals surface area contributed by atoms with Gasteiger partial charge in [-0.3, -0.25) is 4.79 Å². The lowest BCUT2D eigenvalue weighted by Crippen LogP contribution is -2.56. The van der Waals surface area contributed by atoms with Crippen molar-refractivity contribution in [2.45, 2.75) is 214 Å². The highest BCUT2D eigenvalue weighted by molar-refractivity contribution is 5.69. The molecule has 272 valence electrons. The van der Waals surface area contributed by atoms with Crippen LogP contribution in [0.2, 0.25) is 0 Å². The van der Waals surface area contributed by atoms with Crippen molar-refractivity contribution in [2.75, 3.05) is 0 Å². The summed E-state index contributed by atoms with van der Waals surface area (Å²) in [6.07, 6.45) is 33.0. The lowest BCUT2D eigenvalue weighted by molar-refractivity contribution is -0.169. The van der Waals surface area contributed by atoms with Crippen molar-refractivity contribution >= 4 is 5.97 Å². The highest BCUT2D eigenvalue weighted by Crippen LogP contribution is 2.67. The van der Waals surface area contributed by atoms with E-state index in [0.717, 1.165) is 49.4 Å². The van der Waals surface area contributed by atoms with E-state index in [-0.39, 0.29) is 23.6 Å². The molecule has 3 saturated carbocycles. The minimum Gasteiger partial charge on any atom is -0.461 e. The first kappa shape index (κ1) is 39.0. The van der Waals surface area contributed by atoms with Gasteiger partial charge in [0.05, 0.1) is 6.10 Å². The van der Waals surface area contributed by atoms with Gasteiger partial charge in [-0.1, -0.05) is 156 Å². The van der Waals surface area contributed by atoms with E-state index in [4.69, 9.17) is 4.74 Å². The first-order valence-corrected chi connectivity index (χ1v) is 21.2. The van der Waals surface area contributed by atoms with Crippen LogP contribution < -0.4 is 0 Å². The third-order valence-corrected chi connectivity index (χ3v) is 14.4. The van der Waals surface area contributed by atoms with E-state index in [0.29, 0.717) is 30.1 Å². The van der Waals surface area contributed by atoms with E-state index in [1.807, 2.05) is 0 Å². The Balaban J connectivity index is 1.22. The highest BCUT2D eigenvalue weighted by atomic mass is 16.5. The summed E-state index contributed by atoms with van der Waals surface area (Å²) in [5.41, 5.74) is 1.73. The molecule has 1 unspecified atom stereocenters. The van der Waals surface area contributed by atoms with Crippen LogP contribution in [0.25, 0.3) is 0 Å². The summed E-state index contributed by atoms with van der Waals surface area (Å²) >= 11 is 0. The Hall–Kier alpha value is -0.830. The van der Waals surface area contributed by atoms with Gasteiger partial charge in [-0.15, -0.1) is 0 Å². The topological polar surface area (TPSA) is 46.5 Å². The van der Waals surface area contributed by atoms with Gasteiger partial charge >= 0.3 is 5.97 Å². The van der Waals surface area contributed by atoms with Gasteiger partial charge in [0, 0.05) is 18.3 Å². The second kappa shape index (κ2) is 19.0. The highest BCUT2D eigenvalue weighted by Gasteiger charge is 2.61. The Morgan fingerprint density at radius 1 is 0.830 bits per heavy atom. The number of fused-ring (bicyclic) bond motifs is 5. The predicted octanol–water partition coefficient (Wildman–Crippen LogP) is 12.8. The maximum Gasteiger partial charge on any atom is 0.306 e. The van der Waals surface area contributed by atoms with Gasteiger partial charge in [-0.25, -0.2) is 0 Å². The van der Waals surface area contributed by atoms with Crippen LogP contribution in [0.1, 0.15) is 202 Å². The summed E-state index contributed by atoms with van der Waals surface area (Å²) in [7, 11) is 0. The maximum atomic E-state index is 13.3. The molecule has 9 atom stereocenters. The molecule has 4 rings (SSSR count). The van der Waals surface area contributed by atoms with Crippen molar-refractivity contribution < 1.29 is 14.6 Å². The SMILES string of the molecule is CCCCCCCCCCCCCCCCC(=O)OC1C[C@H](O)CC2=CC[C@H]3[C@@H]4CC[C@H]([C@H](C)CCCC(C)C)[C@@]4(C)CC[C@@H]3[C@]21C. The number of aliphatic hydroxyl groups excluding tert-OH is 1. The van der Waals surface area contributed by atoms with E-state index in [2.05, 4.69) is 47.6 Å². The average molecular weight is 655 g/mol. The van der Waals surface area contributed by atoms with Crippen molar-refractivity contribution in [3.8, 4) is 0 Å².